The van der Waals surface area contributed by atoms with Crippen molar-refractivity contribution in [2.45, 2.75) is 13.3 Å². The van der Waals surface area contributed by atoms with Crippen molar-refractivity contribution in [3.8, 4) is 5.75 Å². The zero-order chi connectivity index (χ0) is 9.14. The smallest absolute Gasteiger partial charge is 0.166 e. The minimum Gasteiger partial charge on any atom is -0.494 e. The normalized spacial score (nSPS) is 10.0. The van der Waals surface area contributed by atoms with Crippen LogP contribution in [0.25, 0.3) is 0 Å². The van der Waals surface area contributed by atoms with Gasteiger partial charge in [0.25, 0.3) is 0 Å². The third-order valence-corrected chi connectivity index (χ3v) is 2.44. The van der Waals surface area contributed by atoms with E-state index in [0.717, 1.165) is 16.5 Å². The number of rotatable bonds is 2. The van der Waals surface area contributed by atoms with E-state index in [1.807, 2.05) is 6.92 Å². The van der Waals surface area contributed by atoms with Crippen LogP contribution >= 0.6 is 15.9 Å². The first-order valence-corrected chi connectivity index (χ1v) is 4.50. The van der Waals surface area contributed by atoms with Gasteiger partial charge in [0, 0.05) is 4.47 Å². The molecule has 0 bridgehead atoms. The number of hydrogen-bond acceptors (Lipinski definition) is 1. The summed E-state index contributed by atoms with van der Waals surface area (Å²) in [5.41, 5.74) is 1.05. The van der Waals surface area contributed by atoms with Crippen molar-refractivity contribution in [1.29, 1.82) is 0 Å². The first-order valence-electron chi connectivity index (χ1n) is 3.71. The van der Waals surface area contributed by atoms with Gasteiger partial charge >= 0.3 is 0 Å². The summed E-state index contributed by atoms with van der Waals surface area (Å²) >= 11 is 3.28. The maximum atomic E-state index is 13.0. The van der Waals surface area contributed by atoms with Crippen LogP contribution in [0.5, 0.6) is 5.75 Å². The zero-order valence-corrected chi connectivity index (χ0v) is 8.61. The minimum atomic E-state index is -0.332. The van der Waals surface area contributed by atoms with Crippen molar-refractivity contribution in [3.05, 3.63) is 28.0 Å². The quantitative estimate of drug-likeness (QED) is 0.762. The van der Waals surface area contributed by atoms with E-state index in [1.54, 1.807) is 6.07 Å². The Bertz CT molecular complexity index is 261. The van der Waals surface area contributed by atoms with Gasteiger partial charge in [0.05, 0.1) is 7.11 Å². The highest BCUT2D eigenvalue weighted by molar-refractivity contribution is 9.10. The molecule has 0 aromatic heterocycles. The van der Waals surface area contributed by atoms with Crippen LogP contribution in [0.3, 0.4) is 0 Å². The molecule has 1 aromatic rings. The molecule has 0 amide bonds. The Kier molecular flexibility index (Phi) is 3.09. The second kappa shape index (κ2) is 3.90. The van der Waals surface area contributed by atoms with E-state index in [0.29, 0.717) is 5.75 Å². The standard InChI is InChI=1S/C9H10BrFO/c1-3-6-4-9(12-2)8(11)5-7(6)10/h4-5H,3H2,1-2H3. The highest BCUT2D eigenvalue weighted by Crippen LogP contribution is 2.26. The molecule has 0 heterocycles. The lowest BCUT2D eigenvalue weighted by molar-refractivity contribution is 0.385. The van der Waals surface area contributed by atoms with E-state index in [9.17, 15) is 4.39 Å². The molecule has 66 valence electrons. The van der Waals surface area contributed by atoms with Crippen LogP contribution in [0.1, 0.15) is 12.5 Å². The van der Waals surface area contributed by atoms with E-state index < -0.39 is 0 Å². The SMILES string of the molecule is CCc1cc(OC)c(F)cc1Br. The van der Waals surface area contributed by atoms with Gasteiger partial charge < -0.3 is 4.74 Å². The number of benzene rings is 1. The molecule has 0 N–H and O–H groups in total. The van der Waals surface area contributed by atoms with Crippen LogP contribution < -0.4 is 4.74 Å². The largest absolute Gasteiger partial charge is 0.494 e. The summed E-state index contributed by atoms with van der Waals surface area (Å²) in [5.74, 6) is -0.0309. The lowest BCUT2D eigenvalue weighted by Crippen LogP contribution is -1.91. The van der Waals surface area contributed by atoms with Crippen LogP contribution in [0.2, 0.25) is 0 Å². The van der Waals surface area contributed by atoms with E-state index in [2.05, 4.69) is 15.9 Å². The predicted octanol–water partition coefficient (Wildman–Crippen LogP) is 3.16. The molecule has 0 unspecified atom stereocenters. The Morgan fingerprint density at radius 1 is 1.50 bits per heavy atom. The van der Waals surface area contributed by atoms with Crippen molar-refractivity contribution in [1.82, 2.24) is 0 Å². The van der Waals surface area contributed by atoms with Crippen molar-refractivity contribution < 1.29 is 9.13 Å². The van der Waals surface area contributed by atoms with Gasteiger partial charge in [0.15, 0.2) is 11.6 Å². The van der Waals surface area contributed by atoms with E-state index in [1.165, 1.54) is 13.2 Å². The van der Waals surface area contributed by atoms with Gasteiger partial charge in [0.2, 0.25) is 0 Å². The number of aryl methyl sites for hydroxylation is 1. The first-order chi connectivity index (χ1) is 5.69. The Hall–Kier alpha value is -0.570. The molecule has 0 saturated carbocycles. The molecule has 3 heteroatoms. The molecule has 1 nitrogen and oxygen atoms in total. The number of methoxy groups -OCH3 is 1. The summed E-state index contributed by atoms with van der Waals surface area (Å²) in [6.07, 6.45) is 0.858. The fraction of sp³-hybridized carbons (Fsp3) is 0.333. The Morgan fingerprint density at radius 2 is 2.17 bits per heavy atom. The second-order valence-corrected chi connectivity index (χ2v) is 3.29. The number of halogens is 2. The maximum Gasteiger partial charge on any atom is 0.166 e. The number of hydrogen-bond donors (Lipinski definition) is 0. The molecule has 0 aliphatic rings. The highest BCUT2D eigenvalue weighted by atomic mass is 79.9. The van der Waals surface area contributed by atoms with Crippen LogP contribution in [-0.4, -0.2) is 7.11 Å². The van der Waals surface area contributed by atoms with Crippen LogP contribution in [0.4, 0.5) is 4.39 Å². The average Bonchev–Trinajstić information content (AvgIpc) is 2.05. The Balaban J connectivity index is 3.18. The second-order valence-electron chi connectivity index (χ2n) is 2.43. The van der Waals surface area contributed by atoms with Gasteiger partial charge in [-0.2, -0.15) is 0 Å². The molecule has 1 rings (SSSR count). The van der Waals surface area contributed by atoms with E-state index >= 15 is 0 Å². The average molecular weight is 233 g/mol. The summed E-state index contributed by atoms with van der Waals surface area (Å²) in [6.45, 7) is 2.01. The van der Waals surface area contributed by atoms with Gasteiger partial charge in [-0.25, -0.2) is 4.39 Å². The van der Waals surface area contributed by atoms with Crippen molar-refractivity contribution >= 4 is 15.9 Å². The summed E-state index contributed by atoms with van der Waals surface area (Å²) in [7, 11) is 1.46. The zero-order valence-electron chi connectivity index (χ0n) is 7.03. The summed E-state index contributed by atoms with van der Waals surface area (Å²) in [6, 6.07) is 3.14. The first kappa shape index (κ1) is 9.52. The molecule has 0 saturated heterocycles. The molecule has 0 atom stereocenters. The van der Waals surface area contributed by atoms with Crippen molar-refractivity contribution in [3.63, 3.8) is 0 Å². The summed E-state index contributed by atoms with van der Waals surface area (Å²) in [4.78, 5) is 0. The maximum absolute atomic E-state index is 13.0. The van der Waals surface area contributed by atoms with E-state index in [4.69, 9.17) is 4.74 Å². The van der Waals surface area contributed by atoms with Crippen LogP contribution in [0.15, 0.2) is 16.6 Å². The van der Waals surface area contributed by atoms with Crippen molar-refractivity contribution in [2.24, 2.45) is 0 Å². The molecule has 0 spiro atoms. The third-order valence-electron chi connectivity index (χ3n) is 1.70. The molecular formula is C9H10BrFO. The molecule has 0 radical (unpaired) electrons. The van der Waals surface area contributed by atoms with E-state index in [-0.39, 0.29) is 5.82 Å². The summed E-state index contributed by atoms with van der Waals surface area (Å²) in [5, 5.41) is 0. The van der Waals surface area contributed by atoms with Gasteiger partial charge in [0.1, 0.15) is 0 Å². The monoisotopic (exact) mass is 232 g/mol. The Labute approximate surface area is 79.7 Å². The molecule has 12 heavy (non-hydrogen) atoms. The molecule has 0 aliphatic heterocycles. The lowest BCUT2D eigenvalue weighted by Gasteiger charge is -2.05. The fourth-order valence-electron chi connectivity index (χ4n) is 0.999. The minimum absolute atomic E-state index is 0.301. The topological polar surface area (TPSA) is 9.23 Å². The Morgan fingerprint density at radius 3 is 2.67 bits per heavy atom. The van der Waals surface area contributed by atoms with Crippen LogP contribution in [0, 0.1) is 5.82 Å². The summed E-state index contributed by atoms with van der Waals surface area (Å²) < 4.78 is 18.7. The van der Waals surface area contributed by atoms with Crippen molar-refractivity contribution in [2.75, 3.05) is 7.11 Å². The lowest BCUT2D eigenvalue weighted by atomic mass is 10.1. The highest BCUT2D eigenvalue weighted by Gasteiger charge is 2.06. The van der Waals surface area contributed by atoms with Gasteiger partial charge in [-0.1, -0.05) is 22.9 Å². The molecule has 1 aromatic carbocycles. The molecule has 0 aliphatic carbocycles. The van der Waals surface area contributed by atoms with Crippen LogP contribution in [-0.2, 0) is 6.42 Å². The van der Waals surface area contributed by atoms with Gasteiger partial charge in [-0.05, 0) is 24.1 Å². The molecular weight excluding hydrogens is 223 g/mol. The predicted molar refractivity (Wildman–Crippen MR) is 50.0 cm³/mol. The number of ether oxygens (including phenoxy) is 1. The fourth-order valence-corrected chi connectivity index (χ4v) is 1.59. The van der Waals surface area contributed by atoms with Gasteiger partial charge in [-0.3, -0.25) is 0 Å². The van der Waals surface area contributed by atoms with Gasteiger partial charge in [-0.15, -0.1) is 0 Å². The third kappa shape index (κ3) is 1.78. The molecule has 0 fully saturated rings.